The summed E-state index contributed by atoms with van der Waals surface area (Å²) < 4.78 is 1.04. The zero-order chi connectivity index (χ0) is 16.8. The molecule has 0 spiro atoms. The molecule has 6 heteroatoms. The molecule has 1 radical (unpaired) electrons. The van der Waals surface area contributed by atoms with Crippen LogP contribution in [0, 0.1) is 6.07 Å². The second-order valence-corrected chi connectivity index (χ2v) is 5.73. The number of rotatable bonds is 1. The molecule has 24 heavy (non-hydrogen) atoms. The highest BCUT2D eigenvalue weighted by Gasteiger charge is 2.22. The van der Waals surface area contributed by atoms with Gasteiger partial charge >= 0.3 is 6.03 Å². The van der Waals surface area contributed by atoms with E-state index in [-0.39, 0.29) is 5.88 Å². The summed E-state index contributed by atoms with van der Waals surface area (Å²) in [5.74, 6) is -0.268. The van der Waals surface area contributed by atoms with Crippen LogP contribution in [-0.2, 0) is 0 Å². The minimum absolute atomic E-state index is 0.268. The molecular weight excluding hydrogens is 326 g/mol. The van der Waals surface area contributed by atoms with Crippen LogP contribution in [0.1, 0.15) is 0 Å². The number of primary amides is 1. The van der Waals surface area contributed by atoms with Crippen molar-refractivity contribution < 1.29 is 9.90 Å². The molecule has 0 aliphatic carbocycles. The highest BCUT2D eigenvalue weighted by molar-refractivity contribution is 6.35. The van der Waals surface area contributed by atoms with Gasteiger partial charge in [-0.05, 0) is 30.3 Å². The maximum atomic E-state index is 11.7. The van der Waals surface area contributed by atoms with Gasteiger partial charge in [-0.3, -0.25) is 0 Å². The van der Waals surface area contributed by atoms with Crippen LogP contribution in [0.3, 0.4) is 0 Å². The first kappa shape index (κ1) is 14.5. The fraction of sp³-hybridized carbons (Fsp3) is 0. The molecule has 2 aromatic heterocycles. The van der Waals surface area contributed by atoms with E-state index in [1.807, 2.05) is 24.3 Å². The average Bonchev–Trinajstić information content (AvgIpc) is 2.86. The molecule has 0 atom stereocenters. The minimum Gasteiger partial charge on any atom is -0.494 e. The number of aromatic hydroxyl groups is 1. The summed E-state index contributed by atoms with van der Waals surface area (Å²) >= 11 is 6.36. The third kappa shape index (κ3) is 2.02. The average molecular weight is 337 g/mol. The third-order valence-electron chi connectivity index (χ3n) is 3.93. The lowest BCUT2D eigenvalue weighted by atomic mass is 10.1. The molecule has 0 bridgehead atoms. The normalized spacial score (nSPS) is 11.2. The van der Waals surface area contributed by atoms with Gasteiger partial charge in [-0.25, -0.2) is 14.3 Å². The van der Waals surface area contributed by atoms with E-state index in [1.165, 1.54) is 0 Å². The quantitative estimate of drug-likeness (QED) is 0.552. The van der Waals surface area contributed by atoms with Gasteiger partial charge in [-0.15, -0.1) is 0 Å². The summed E-state index contributed by atoms with van der Waals surface area (Å²) in [5, 5.41) is 12.5. The van der Waals surface area contributed by atoms with Gasteiger partial charge in [-0.1, -0.05) is 35.9 Å². The smallest absolute Gasteiger partial charge is 0.326 e. The lowest BCUT2D eigenvalue weighted by Gasteiger charge is -2.06. The van der Waals surface area contributed by atoms with E-state index in [4.69, 9.17) is 17.3 Å². The number of nitrogens with zero attached hydrogens (tertiary/aromatic N) is 2. The molecule has 3 N–H and O–H groups in total. The molecule has 0 aliphatic rings. The van der Waals surface area contributed by atoms with E-state index in [0.717, 1.165) is 9.95 Å². The highest BCUT2D eigenvalue weighted by Crippen LogP contribution is 2.40. The molecule has 2 heterocycles. The van der Waals surface area contributed by atoms with E-state index in [9.17, 15) is 9.90 Å². The molecule has 117 valence electrons. The van der Waals surface area contributed by atoms with Gasteiger partial charge in [0.2, 0.25) is 5.88 Å². The third-order valence-corrected chi connectivity index (χ3v) is 4.24. The Balaban J connectivity index is 2.11. The van der Waals surface area contributed by atoms with Crippen molar-refractivity contribution in [1.29, 1.82) is 0 Å². The monoisotopic (exact) mass is 336 g/mol. The zero-order valence-electron chi connectivity index (χ0n) is 12.3. The topological polar surface area (TPSA) is 81.1 Å². The van der Waals surface area contributed by atoms with Crippen molar-refractivity contribution in [2.45, 2.75) is 0 Å². The number of carbonyl (C=O) groups is 1. The van der Waals surface area contributed by atoms with Crippen LogP contribution < -0.4 is 5.73 Å². The fourth-order valence-electron chi connectivity index (χ4n) is 2.90. The summed E-state index contributed by atoms with van der Waals surface area (Å²) in [6, 6.07) is 16.2. The molecular formula is C18H11ClN3O2. The number of nitrogens with two attached hydrogens (primary N) is 1. The maximum absolute atomic E-state index is 11.7. The molecule has 0 unspecified atom stereocenters. The summed E-state index contributed by atoms with van der Waals surface area (Å²) in [4.78, 5) is 16.3. The molecule has 1 amide bonds. The van der Waals surface area contributed by atoms with Crippen molar-refractivity contribution >= 4 is 39.4 Å². The summed E-state index contributed by atoms with van der Waals surface area (Å²) in [5.41, 5.74) is 7.44. The first-order valence-corrected chi connectivity index (χ1v) is 7.54. The molecule has 0 fully saturated rings. The van der Waals surface area contributed by atoms with Crippen molar-refractivity contribution in [3.8, 4) is 17.1 Å². The number of aromatic nitrogens is 2. The second kappa shape index (κ2) is 5.25. The molecule has 5 nitrogen and oxygen atoms in total. The number of fused-ring (bicyclic) bond motifs is 2. The van der Waals surface area contributed by atoms with Gasteiger partial charge in [0.25, 0.3) is 0 Å². The molecule has 4 rings (SSSR count). The Kier molecular flexibility index (Phi) is 3.18. The van der Waals surface area contributed by atoms with E-state index in [0.29, 0.717) is 32.7 Å². The van der Waals surface area contributed by atoms with Crippen molar-refractivity contribution in [3.05, 3.63) is 59.6 Å². The van der Waals surface area contributed by atoms with Crippen LogP contribution in [0.5, 0.6) is 5.88 Å². The first-order valence-electron chi connectivity index (χ1n) is 7.17. The van der Waals surface area contributed by atoms with E-state index >= 15 is 0 Å². The molecule has 4 aromatic rings. The Bertz CT molecular complexity index is 1120. The summed E-state index contributed by atoms with van der Waals surface area (Å²) in [6.07, 6.45) is 0. The number of hydrogen-bond donors (Lipinski definition) is 2. The van der Waals surface area contributed by atoms with Crippen molar-refractivity contribution in [1.82, 2.24) is 9.55 Å². The van der Waals surface area contributed by atoms with Gasteiger partial charge in [0, 0.05) is 10.8 Å². The number of amides is 1. The fourth-order valence-corrected chi connectivity index (χ4v) is 3.16. The number of carbonyl (C=O) groups excluding carboxylic acids is 1. The highest BCUT2D eigenvalue weighted by atomic mass is 35.5. The standard InChI is InChI=1S/C18H11ClN3O2/c19-12-9-14(21-13-7-3-1-5-10(12)13)16-11-6-2-4-8-15(11)22(17(16)23)18(20)24/h1,3-9,23H,(H2,20,24). The number of halogens is 1. The molecule has 0 aliphatic heterocycles. The van der Waals surface area contributed by atoms with Gasteiger partial charge < -0.3 is 10.8 Å². The van der Waals surface area contributed by atoms with Gasteiger partial charge in [0.15, 0.2) is 0 Å². The van der Waals surface area contributed by atoms with Crippen molar-refractivity contribution in [2.24, 2.45) is 5.73 Å². The Morgan fingerprint density at radius 2 is 2.04 bits per heavy atom. The van der Waals surface area contributed by atoms with Gasteiger partial charge in [-0.2, -0.15) is 0 Å². The number of para-hydroxylation sites is 1. The van der Waals surface area contributed by atoms with Crippen LogP contribution in [0.25, 0.3) is 33.1 Å². The van der Waals surface area contributed by atoms with Crippen molar-refractivity contribution in [2.75, 3.05) is 0 Å². The Morgan fingerprint density at radius 1 is 1.25 bits per heavy atom. The Labute approximate surface area is 141 Å². The van der Waals surface area contributed by atoms with Crippen LogP contribution in [0.15, 0.2) is 48.5 Å². The largest absolute Gasteiger partial charge is 0.494 e. The van der Waals surface area contributed by atoms with Crippen LogP contribution in [0.4, 0.5) is 4.79 Å². The molecule has 0 saturated heterocycles. The molecule has 0 saturated carbocycles. The summed E-state index contributed by atoms with van der Waals surface area (Å²) in [7, 11) is 0. The number of hydrogen-bond acceptors (Lipinski definition) is 3. The van der Waals surface area contributed by atoms with Crippen LogP contribution >= 0.6 is 11.6 Å². The van der Waals surface area contributed by atoms with E-state index in [1.54, 1.807) is 24.3 Å². The van der Waals surface area contributed by atoms with E-state index in [2.05, 4.69) is 11.1 Å². The van der Waals surface area contributed by atoms with Gasteiger partial charge in [0.05, 0.1) is 27.3 Å². The first-order chi connectivity index (χ1) is 11.6. The Hall–Kier alpha value is -3.05. The van der Waals surface area contributed by atoms with Crippen LogP contribution in [0.2, 0.25) is 5.02 Å². The van der Waals surface area contributed by atoms with Gasteiger partial charge in [0.1, 0.15) is 0 Å². The number of benzene rings is 2. The molecule has 2 aromatic carbocycles. The second-order valence-electron chi connectivity index (χ2n) is 5.32. The summed E-state index contributed by atoms with van der Waals surface area (Å²) in [6.45, 7) is 0. The van der Waals surface area contributed by atoms with E-state index < -0.39 is 6.03 Å². The Morgan fingerprint density at radius 3 is 2.83 bits per heavy atom. The lowest BCUT2D eigenvalue weighted by Crippen LogP contribution is -2.18. The minimum atomic E-state index is -0.776. The predicted molar refractivity (Wildman–Crippen MR) is 93.2 cm³/mol. The predicted octanol–water partition coefficient (Wildman–Crippen LogP) is 3.94. The van der Waals surface area contributed by atoms with Crippen LogP contribution in [-0.4, -0.2) is 20.7 Å². The van der Waals surface area contributed by atoms with Crippen molar-refractivity contribution in [3.63, 3.8) is 0 Å². The lowest BCUT2D eigenvalue weighted by molar-refractivity contribution is 0.248. The number of pyridine rings is 1. The SMILES string of the molecule is NC(=O)n1c(O)c(-c2cc(Cl)c3ccccc3n2)c2c[c]ccc21. The zero-order valence-corrected chi connectivity index (χ0v) is 13.1. The maximum Gasteiger partial charge on any atom is 0.326 e.